The predicted octanol–water partition coefficient (Wildman–Crippen LogP) is 2.43. The van der Waals surface area contributed by atoms with Gasteiger partial charge in [-0.25, -0.2) is 14.7 Å². The summed E-state index contributed by atoms with van der Waals surface area (Å²) in [4.78, 5) is 23.5. The van der Waals surface area contributed by atoms with Gasteiger partial charge in [-0.05, 0) is 24.1 Å². The van der Waals surface area contributed by atoms with Crippen LogP contribution in [-0.4, -0.2) is 40.6 Å². The molecular weight excluding hydrogens is 254 g/mol. The Labute approximate surface area is 110 Å². The van der Waals surface area contributed by atoms with Crippen LogP contribution < -0.4 is 0 Å². The van der Waals surface area contributed by atoms with Crippen molar-refractivity contribution < 1.29 is 9.59 Å². The molecule has 1 heterocycles. The molecule has 0 saturated carbocycles. The number of hydrazone groups is 1. The molecule has 0 atom stereocenters. The van der Waals surface area contributed by atoms with E-state index >= 15 is 0 Å². The third-order valence-corrected chi connectivity index (χ3v) is 2.79. The van der Waals surface area contributed by atoms with E-state index < -0.39 is 11.4 Å². The van der Waals surface area contributed by atoms with Crippen molar-refractivity contribution in [1.29, 1.82) is 0 Å². The van der Waals surface area contributed by atoms with Crippen molar-refractivity contribution >= 4 is 29.2 Å². The topological polar surface area (TPSA) is 53.0 Å². The number of carbonyl (C=O) groups is 2. The van der Waals surface area contributed by atoms with Crippen LogP contribution >= 0.6 is 11.6 Å². The monoisotopic (exact) mass is 265 g/mol. The molecule has 0 radical (unpaired) electrons. The van der Waals surface area contributed by atoms with Crippen molar-refractivity contribution in [2.45, 2.75) is 6.92 Å². The zero-order valence-corrected chi connectivity index (χ0v) is 10.6. The Morgan fingerprint density at radius 3 is 2.83 bits per heavy atom. The van der Waals surface area contributed by atoms with E-state index in [4.69, 9.17) is 11.6 Å². The van der Waals surface area contributed by atoms with Gasteiger partial charge in [0.25, 0.3) is 0 Å². The molecule has 0 spiro atoms. The van der Waals surface area contributed by atoms with Crippen LogP contribution in [0.3, 0.4) is 0 Å². The first-order valence-electron chi connectivity index (χ1n) is 5.47. The third-order valence-electron chi connectivity index (χ3n) is 2.59. The molecule has 1 aromatic carbocycles. The second-order valence-electron chi connectivity index (χ2n) is 3.97. The Balaban J connectivity index is 2.07. The molecule has 6 heteroatoms. The predicted molar refractivity (Wildman–Crippen MR) is 68.8 cm³/mol. The largest absolute Gasteiger partial charge is 0.348 e. The fourth-order valence-corrected chi connectivity index (χ4v) is 1.84. The number of halogens is 1. The quantitative estimate of drug-likeness (QED) is 0.468. The van der Waals surface area contributed by atoms with Crippen LogP contribution in [0, 0.1) is 6.92 Å². The van der Waals surface area contributed by atoms with E-state index in [1.54, 1.807) is 6.21 Å². The van der Waals surface area contributed by atoms with E-state index in [-0.39, 0.29) is 6.54 Å². The summed E-state index contributed by atoms with van der Waals surface area (Å²) in [7, 11) is 0. The molecule has 3 amide bonds. The Hall–Kier alpha value is -1.88. The molecule has 0 N–H and O–H groups in total. The summed E-state index contributed by atoms with van der Waals surface area (Å²) in [6, 6.07) is 7.25. The zero-order valence-electron chi connectivity index (χ0n) is 9.84. The van der Waals surface area contributed by atoms with Gasteiger partial charge in [0.15, 0.2) is 0 Å². The Morgan fingerprint density at radius 2 is 2.22 bits per heavy atom. The molecule has 5 nitrogen and oxygen atoms in total. The Morgan fingerprint density at radius 1 is 1.44 bits per heavy atom. The van der Waals surface area contributed by atoms with E-state index in [1.165, 1.54) is 5.01 Å². The molecule has 0 aromatic heterocycles. The number of imide groups is 1. The van der Waals surface area contributed by atoms with Gasteiger partial charge in [0.1, 0.15) is 0 Å². The molecular formula is C12H12ClN3O2. The van der Waals surface area contributed by atoms with Gasteiger partial charge in [-0.2, -0.15) is 5.10 Å². The van der Waals surface area contributed by atoms with Crippen LogP contribution in [-0.2, 0) is 0 Å². The summed E-state index contributed by atoms with van der Waals surface area (Å²) >= 11 is 5.27. The minimum Gasteiger partial charge on any atom is -0.255 e. The molecule has 0 aliphatic carbocycles. The second-order valence-corrected chi connectivity index (χ2v) is 4.29. The minimum absolute atomic E-state index is 0.270. The first-order valence-corrected chi connectivity index (χ1v) is 5.85. The Kier molecular flexibility index (Phi) is 3.62. The lowest BCUT2D eigenvalue weighted by atomic mass is 10.2. The molecule has 1 saturated heterocycles. The number of benzene rings is 1. The van der Waals surface area contributed by atoms with Crippen LogP contribution in [0.5, 0.6) is 0 Å². The third kappa shape index (κ3) is 2.68. The van der Waals surface area contributed by atoms with Crippen LogP contribution in [0.1, 0.15) is 11.1 Å². The number of nitrogens with zero attached hydrogens (tertiary/aromatic N) is 3. The number of carbonyl (C=O) groups excluding carboxylic acids is 2. The number of amides is 3. The number of rotatable bonds is 2. The molecule has 94 valence electrons. The summed E-state index contributed by atoms with van der Waals surface area (Å²) in [6.07, 6.45) is 1.59. The average molecular weight is 266 g/mol. The number of hydrogen-bond donors (Lipinski definition) is 0. The van der Waals surface area contributed by atoms with Crippen molar-refractivity contribution in [1.82, 2.24) is 9.91 Å². The normalized spacial score (nSPS) is 15.8. The van der Waals surface area contributed by atoms with Gasteiger partial charge in [-0.15, -0.1) is 0 Å². The standard InChI is InChI=1S/C12H12ClN3O2/c1-9-3-2-4-10(7-9)8-14-16-6-5-15(11(13)17)12(16)18/h2-4,7-8H,5-6H2,1H3. The summed E-state index contributed by atoms with van der Waals surface area (Å²) in [5.41, 5.74) is 2.02. The van der Waals surface area contributed by atoms with Gasteiger partial charge in [0.2, 0.25) is 0 Å². The highest BCUT2D eigenvalue weighted by atomic mass is 35.5. The first kappa shape index (κ1) is 12.6. The summed E-state index contributed by atoms with van der Waals surface area (Å²) in [5.74, 6) is 0. The van der Waals surface area contributed by atoms with Crippen LogP contribution in [0.4, 0.5) is 9.59 Å². The van der Waals surface area contributed by atoms with Crippen LogP contribution in [0.25, 0.3) is 0 Å². The molecule has 0 unspecified atom stereocenters. The molecule has 1 fully saturated rings. The number of hydrogen-bond acceptors (Lipinski definition) is 3. The molecule has 2 rings (SSSR count). The first-order chi connectivity index (χ1) is 8.58. The highest BCUT2D eigenvalue weighted by molar-refractivity contribution is 6.64. The fourth-order valence-electron chi connectivity index (χ4n) is 1.68. The average Bonchev–Trinajstić information content (AvgIpc) is 2.68. The maximum Gasteiger partial charge on any atom is 0.348 e. The van der Waals surface area contributed by atoms with Crippen LogP contribution in [0.15, 0.2) is 29.4 Å². The lowest BCUT2D eigenvalue weighted by Crippen LogP contribution is -2.30. The smallest absolute Gasteiger partial charge is 0.255 e. The summed E-state index contributed by atoms with van der Waals surface area (Å²) in [5, 5.41) is 4.51. The van der Waals surface area contributed by atoms with Gasteiger partial charge in [-0.3, -0.25) is 4.79 Å². The second kappa shape index (κ2) is 5.18. The Bertz CT molecular complexity index is 516. The van der Waals surface area contributed by atoms with Gasteiger partial charge < -0.3 is 0 Å². The SMILES string of the molecule is Cc1cccc(C=NN2CCN(C(=O)Cl)C2=O)c1. The molecule has 0 bridgehead atoms. The number of aryl methyl sites for hydroxylation is 1. The molecule has 1 aliphatic rings. The summed E-state index contributed by atoms with van der Waals surface area (Å²) in [6.45, 7) is 2.61. The van der Waals surface area contributed by atoms with E-state index in [9.17, 15) is 9.59 Å². The van der Waals surface area contributed by atoms with Crippen molar-refractivity contribution in [3.8, 4) is 0 Å². The molecule has 1 aromatic rings. The van der Waals surface area contributed by atoms with Gasteiger partial charge >= 0.3 is 11.4 Å². The maximum atomic E-state index is 11.7. The molecule has 18 heavy (non-hydrogen) atoms. The zero-order chi connectivity index (χ0) is 13.1. The lowest BCUT2D eigenvalue weighted by Gasteiger charge is -2.09. The highest BCUT2D eigenvalue weighted by Crippen LogP contribution is 2.11. The van der Waals surface area contributed by atoms with Crippen molar-refractivity contribution in [2.24, 2.45) is 5.10 Å². The fraction of sp³-hybridized carbons (Fsp3) is 0.250. The van der Waals surface area contributed by atoms with Crippen molar-refractivity contribution in [3.05, 3.63) is 35.4 Å². The van der Waals surface area contributed by atoms with Gasteiger partial charge in [0.05, 0.1) is 19.3 Å². The maximum absolute atomic E-state index is 11.7. The van der Waals surface area contributed by atoms with E-state index in [0.29, 0.717) is 6.54 Å². The van der Waals surface area contributed by atoms with Crippen molar-refractivity contribution in [3.63, 3.8) is 0 Å². The number of urea groups is 1. The minimum atomic E-state index is -0.770. The van der Waals surface area contributed by atoms with Crippen molar-refractivity contribution in [2.75, 3.05) is 13.1 Å². The van der Waals surface area contributed by atoms with E-state index in [1.807, 2.05) is 31.2 Å². The highest BCUT2D eigenvalue weighted by Gasteiger charge is 2.31. The van der Waals surface area contributed by atoms with E-state index in [0.717, 1.165) is 16.0 Å². The summed E-state index contributed by atoms with van der Waals surface area (Å²) < 4.78 is 0. The van der Waals surface area contributed by atoms with Gasteiger partial charge in [0, 0.05) is 0 Å². The van der Waals surface area contributed by atoms with Gasteiger partial charge in [-0.1, -0.05) is 29.8 Å². The molecule has 1 aliphatic heterocycles. The van der Waals surface area contributed by atoms with Crippen LogP contribution in [0.2, 0.25) is 0 Å². The van der Waals surface area contributed by atoms with E-state index in [2.05, 4.69) is 5.10 Å². The lowest BCUT2D eigenvalue weighted by molar-refractivity contribution is 0.195.